The van der Waals surface area contributed by atoms with Gasteiger partial charge in [-0.15, -0.1) is 0 Å². The van der Waals surface area contributed by atoms with Crippen LogP contribution in [0.2, 0.25) is 0 Å². The van der Waals surface area contributed by atoms with Crippen LogP contribution in [0.3, 0.4) is 0 Å². The van der Waals surface area contributed by atoms with Gasteiger partial charge in [0.25, 0.3) is 0 Å². The number of carboxylic acids is 1. The van der Waals surface area contributed by atoms with Crippen LogP contribution in [0.25, 0.3) is 0 Å². The first-order chi connectivity index (χ1) is 6.32. The highest BCUT2D eigenvalue weighted by molar-refractivity contribution is 6.05. The molecule has 2 fully saturated rings. The maximum absolute atomic E-state index is 11.9. The van der Waals surface area contributed by atoms with Crippen molar-refractivity contribution in [2.75, 3.05) is 0 Å². The summed E-state index contributed by atoms with van der Waals surface area (Å²) in [4.78, 5) is 22.9. The summed E-state index contributed by atoms with van der Waals surface area (Å²) in [7, 11) is 0. The summed E-state index contributed by atoms with van der Waals surface area (Å²) in [6, 6.07) is 0. The van der Waals surface area contributed by atoms with Crippen LogP contribution in [-0.2, 0) is 9.59 Å². The van der Waals surface area contributed by atoms with Gasteiger partial charge >= 0.3 is 5.97 Å². The van der Waals surface area contributed by atoms with E-state index >= 15 is 0 Å². The third-order valence-corrected chi connectivity index (χ3v) is 4.47. The van der Waals surface area contributed by atoms with E-state index in [1.54, 1.807) is 0 Å². The summed E-state index contributed by atoms with van der Waals surface area (Å²) < 4.78 is 0. The van der Waals surface area contributed by atoms with Crippen LogP contribution in [0.1, 0.15) is 26.7 Å². The number of hydrogen-bond acceptors (Lipinski definition) is 2. The molecule has 3 atom stereocenters. The smallest absolute Gasteiger partial charge is 0.314 e. The molecule has 2 saturated carbocycles. The Balaban J connectivity index is 2.49. The molecular weight excluding hydrogens is 180 g/mol. The van der Waals surface area contributed by atoms with Crippen molar-refractivity contribution in [3.63, 3.8) is 0 Å². The number of carboxylic acid groups (broad SMARTS) is 1. The van der Waals surface area contributed by atoms with Crippen molar-refractivity contribution < 1.29 is 14.7 Å². The average Bonchev–Trinajstić information content (AvgIpc) is 2.35. The fourth-order valence-electron chi connectivity index (χ4n) is 3.23. The second-order valence-electron chi connectivity index (χ2n) is 5.13. The summed E-state index contributed by atoms with van der Waals surface area (Å²) in [5.41, 5.74) is -0.909. The van der Waals surface area contributed by atoms with Crippen molar-refractivity contribution in [2.45, 2.75) is 26.7 Å². The van der Waals surface area contributed by atoms with E-state index in [0.29, 0.717) is 0 Å². The number of aliphatic carboxylic acids is 1. The predicted molar refractivity (Wildman–Crippen MR) is 50.4 cm³/mol. The van der Waals surface area contributed by atoms with Crippen LogP contribution in [0, 0.1) is 29.6 Å². The van der Waals surface area contributed by atoms with Gasteiger partial charge in [0.05, 0.1) is 0 Å². The van der Waals surface area contributed by atoms with Crippen LogP contribution in [-0.4, -0.2) is 16.9 Å². The van der Waals surface area contributed by atoms with Gasteiger partial charge in [-0.3, -0.25) is 9.59 Å². The Morgan fingerprint density at radius 2 is 2.14 bits per heavy atom. The monoisotopic (exact) mass is 195 g/mol. The second kappa shape index (κ2) is 2.38. The molecule has 77 valence electrons. The molecule has 0 aromatic rings. The normalized spacial score (nSPS) is 44.4. The highest BCUT2D eigenvalue weighted by Crippen LogP contribution is 2.65. The number of carbonyl (C=O) groups excluding carboxylic acids is 1. The molecule has 1 N–H and O–H groups in total. The van der Waals surface area contributed by atoms with Crippen LogP contribution < -0.4 is 0 Å². The first-order valence-electron chi connectivity index (χ1n) is 4.95. The summed E-state index contributed by atoms with van der Waals surface area (Å²) in [5, 5.41) is 9.00. The van der Waals surface area contributed by atoms with Gasteiger partial charge in [-0.05, 0) is 31.1 Å². The van der Waals surface area contributed by atoms with Crippen molar-refractivity contribution in [1.29, 1.82) is 0 Å². The van der Waals surface area contributed by atoms with Gasteiger partial charge in [0, 0.05) is 5.41 Å². The van der Waals surface area contributed by atoms with E-state index in [1.165, 1.54) is 0 Å². The van der Waals surface area contributed by atoms with Crippen molar-refractivity contribution in [3.8, 4) is 0 Å². The molecule has 14 heavy (non-hydrogen) atoms. The number of fused-ring (bicyclic) bond motifs is 2. The van der Waals surface area contributed by atoms with E-state index in [4.69, 9.17) is 5.11 Å². The van der Waals surface area contributed by atoms with Gasteiger partial charge in [-0.25, -0.2) is 0 Å². The number of carbonyl (C=O) groups is 2. The van der Waals surface area contributed by atoms with Crippen molar-refractivity contribution in [1.82, 2.24) is 0 Å². The average molecular weight is 195 g/mol. The zero-order chi connectivity index (χ0) is 10.7. The second-order valence-corrected chi connectivity index (χ2v) is 5.13. The molecule has 0 saturated heterocycles. The van der Waals surface area contributed by atoms with Crippen molar-refractivity contribution in [2.24, 2.45) is 22.7 Å². The highest BCUT2D eigenvalue weighted by atomic mass is 16.4. The summed E-state index contributed by atoms with van der Waals surface area (Å²) in [5.74, 6) is -1.97. The van der Waals surface area contributed by atoms with Crippen LogP contribution in [0.5, 0.6) is 0 Å². The molecule has 3 heteroatoms. The topological polar surface area (TPSA) is 54.4 Å². The Labute approximate surface area is 83.5 Å². The minimum Gasteiger partial charge on any atom is -0.481 e. The predicted octanol–water partition coefficient (Wildman–Crippen LogP) is 1.53. The molecular formula is C11H15O3. The standard InChI is InChI=1S/C11H15O3/c1-10(2)6-4-5-11(10,3)8(12)7(6)9(13)14/h6-7H,3-5H2,1-2H3,(H,13,14). The van der Waals surface area contributed by atoms with Crippen LogP contribution in [0.4, 0.5) is 0 Å². The van der Waals surface area contributed by atoms with Crippen LogP contribution in [0.15, 0.2) is 0 Å². The fourth-order valence-corrected chi connectivity index (χ4v) is 3.23. The molecule has 3 nitrogen and oxygen atoms in total. The lowest BCUT2D eigenvalue weighted by molar-refractivity contribution is -0.149. The Kier molecular flexibility index (Phi) is 1.65. The Morgan fingerprint density at radius 1 is 1.57 bits per heavy atom. The van der Waals surface area contributed by atoms with Gasteiger partial charge in [-0.2, -0.15) is 0 Å². The van der Waals surface area contributed by atoms with Gasteiger partial charge in [0.1, 0.15) is 5.92 Å². The van der Waals surface area contributed by atoms with E-state index in [2.05, 4.69) is 6.92 Å². The zero-order valence-corrected chi connectivity index (χ0v) is 8.54. The third kappa shape index (κ3) is 0.787. The van der Waals surface area contributed by atoms with E-state index in [0.717, 1.165) is 12.8 Å². The molecule has 1 radical (unpaired) electrons. The quantitative estimate of drug-likeness (QED) is 0.645. The largest absolute Gasteiger partial charge is 0.481 e. The van der Waals surface area contributed by atoms with E-state index in [1.807, 2.05) is 13.8 Å². The molecule has 0 aromatic carbocycles. The number of hydrogen-bond donors (Lipinski definition) is 1. The van der Waals surface area contributed by atoms with Crippen molar-refractivity contribution >= 4 is 11.8 Å². The highest BCUT2D eigenvalue weighted by Gasteiger charge is 2.68. The summed E-state index contributed by atoms with van der Waals surface area (Å²) >= 11 is 0. The van der Waals surface area contributed by atoms with Gasteiger partial charge in [0.2, 0.25) is 0 Å². The Hall–Kier alpha value is -0.860. The Morgan fingerprint density at radius 3 is 2.43 bits per heavy atom. The van der Waals surface area contributed by atoms with E-state index in [9.17, 15) is 9.59 Å². The molecule has 0 heterocycles. The maximum atomic E-state index is 11.9. The molecule has 3 unspecified atom stereocenters. The van der Waals surface area contributed by atoms with E-state index < -0.39 is 17.3 Å². The van der Waals surface area contributed by atoms with Gasteiger partial charge in [0.15, 0.2) is 5.78 Å². The minimum absolute atomic E-state index is 0.0231. The number of ketones is 1. The van der Waals surface area contributed by atoms with E-state index in [-0.39, 0.29) is 17.1 Å². The molecule has 0 amide bonds. The fraction of sp³-hybridized carbons (Fsp3) is 0.727. The maximum Gasteiger partial charge on any atom is 0.314 e. The Bertz CT molecular complexity index is 318. The molecule has 0 aromatic heterocycles. The van der Waals surface area contributed by atoms with Crippen molar-refractivity contribution in [3.05, 3.63) is 6.92 Å². The van der Waals surface area contributed by atoms with Gasteiger partial charge < -0.3 is 5.11 Å². The lowest BCUT2D eigenvalue weighted by Crippen LogP contribution is -2.35. The summed E-state index contributed by atoms with van der Waals surface area (Å²) in [6.45, 7) is 7.92. The number of Topliss-reactive ketones (excluding diaryl/α,β-unsaturated/α-hetero) is 1. The van der Waals surface area contributed by atoms with Crippen LogP contribution >= 0.6 is 0 Å². The molecule has 0 aliphatic heterocycles. The minimum atomic E-state index is -0.974. The number of rotatable bonds is 1. The molecule has 2 aliphatic carbocycles. The SMILES string of the molecule is [CH2]C12CCC(C(C(=O)O)C1=O)C2(C)C. The van der Waals surface area contributed by atoms with Gasteiger partial charge in [-0.1, -0.05) is 13.8 Å². The first kappa shape index (κ1) is 9.69. The molecule has 0 spiro atoms. The molecule has 2 bridgehead atoms. The summed E-state index contributed by atoms with van der Waals surface area (Å²) in [6.07, 6.45) is 1.56. The lowest BCUT2D eigenvalue weighted by Gasteiger charge is -2.32. The molecule has 2 rings (SSSR count). The zero-order valence-electron chi connectivity index (χ0n) is 8.54. The molecule has 2 aliphatic rings. The third-order valence-electron chi connectivity index (χ3n) is 4.47. The first-order valence-corrected chi connectivity index (χ1v) is 4.95. The lowest BCUT2D eigenvalue weighted by atomic mass is 9.70.